The standard InChI is InChI=1S/C9H8O4/c1-4-9(12)8-6(11)2-5(10)3-7(8)13-4/h2-4,10-11H,1H3. The molecule has 0 bridgehead atoms. The average Bonchev–Trinajstić information content (AvgIpc) is 2.27. The van der Waals surface area contributed by atoms with Crippen molar-refractivity contribution in [2.45, 2.75) is 13.0 Å². The van der Waals surface area contributed by atoms with Gasteiger partial charge in [-0.05, 0) is 6.92 Å². The average molecular weight is 180 g/mol. The van der Waals surface area contributed by atoms with Crippen LogP contribution in [-0.2, 0) is 0 Å². The highest BCUT2D eigenvalue weighted by Gasteiger charge is 2.32. The minimum absolute atomic E-state index is 0.113. The minimum Gasteiger partial charge on any atom is -0.508 e. The van der Waals surface area contributed by atoms with Crippen molar-refractivity contribution in [3.05, 3.63) is 17.7 Å². The molecule has 1 aromatic carbocycles. The van der Waals surface area contributed by atoms with Gasteiger partial charge in [0.25, 0.3) is 0 Å². The van der Waals surface area contributed by atoms with Crippen LogP contribution in [-0.4, -0.2) is 22.1 Å². The zero-order valence-corrected chi connectivity index (χ0v) is 6.94. The maximum Gasteiger partial charge on any atom is 0.210 e. The van der Waals surface area contributed by atoms with Crippen molar-refractivity contribution in [2.24, 2.45) is 0 Å². The first-order valence-corrected chi connectivity index (χ1v) is 3.86. The SMILES string of the molecule is CC1Oc2cc(O)cc(O)c2C1=O. The molecule has 4 heteroatoms. The number of ketones is 1. The fraction of sp³-hybridized carbons (Fsp3) is 0.222. The van der Waals surface area contributed by atoms with Gasteiger partial charge >= 0.3 is 0 Å². The Morgan fingerprint density at radius 2 is 2.08 bits per heavy atom. The van der Waals surface area contributed by atoms with Crippen LogP contribution in [0.4, 0.5) is 0 Å². The van der Waals surface area contributed by atoms with E-state index in [4.69, 9.17) is 9.84 Å². The first-order chi connectivity index (χ1) is 6.09. The number of aromatic hydroxyl groups is 2. The quantitative estimate of drug-likeness (QED) is 0.626. The summed E-state index contributed by atoms with van der Waals surface area (Å²) < 4.78 is 5.11. The second-order valence-electron chi connectivity index (χ2n) is 2.96. The predicted molar refractivity (Wildman–Crippen MR) is 44.2 cm³/mol. The van der Waals surface area contributed by atoms with Crippen LogP contribution in [0.5, 0.6) is 17.2 Å². The highest BCUT2D eigenvalue weighted by atomic mass is 16.5. The number of fused-ring (bicyclic) bond motifs is 1. The zero-order valence-electron chi connectivity index (χ0n) is 6.94. The van der Waals surface area contributed by atoms with E-state index < -0.39 is 6.10 Å². The second kappa shape index (κ2) is 2.39. The van der Waals surface area contributed by atoms with Crippen LogP contribution in [0, 0.1) is 0 Å². The highest BCUT2D eigenvalue weighted by Crippen LogP contribution is 2.38. The van der Waals surface area contributed by atoms with Gasteiger partial charge in [0.1, 0.15) is 22.8 Å². The third-order valence-corrected chi connectivity index (χ3v) is 1.99. The Morgan fingerprint density at radius 1 is 1.38 bits per heavy atom. The third kappa shape index (κ3) is 1.02. The van der Waals surface area contributed by atoms with Crippen LogP contribution in [0.3, 0.4) is 0 Å². The summed E-state index contributed by atoms with van der Waals surface area (Å²) in [4.78, 5) is 11.4. The van der Waals surface area contributed by atoms with E-state index in [9.17, 15) is 9.90 Å². The molecule has 0 amide bonds. The van der Waals surface area contributed by atoms with E-state index in [1.54, 1.807) is 6.92 Å². The Hall–Kier alpha value is -1.71. The maximum absolute atomic E-state index is 11.4. The smallest absolute Gasteiger partial charge is 0.210 e. The molecule has 0 spiro atoms. The summed E-state index contributed by atoms with van der Waals surface area (Å²) in [6.07, 6.45) is -0.581. The number of carbonyl (C=O) groups is 1. The highest BCUT2D eigenvalue weighted by molar-refractivity contribution is 6.06. The molecule has 1 heterocycles. The number of carbonyl (C=O) groups excluding carboxylic acids is 1. The molecule has 0 radical (unpaired) electrons. The minimum atomic E-state index is -0.581. The molecule has 2 rings (SSSR count). The van der Waals surface area contributed by atoms with E-state index in [0.717, 1.165) is 6.07 Å². The fourth-order valence-corrected chi connectivity index (χ4v) is 1.37. The van der Waals surface area contributed by atoms with Crippen molar-refractivity contribution in [3.63, 3.8) is 0 Å². The lowest BCUT2D eigenvalue weighted by atomic mass is 10.1. The first kappa shape index (κ1) is 7.91. The van der Waals surface area contributed by atoms with Gasteiger partial charge in [0.15, 0.2) is 6.10 Å². The molecule has 1 aliphatic heterocycles. The van der Waals surface area contributed by atoms with Crippen LogP contribution in [0.15, 0.2) is 12.1 Å². The summed E-state index contributed by atoms with van der Waals surface area (Å²) >= 11 is 0. The largest absolute Gasteiger partial charge is 0.508 e. The molecule has 0 saturated heterocycles. The number of benzene rings is 1. The van der Waals surface area contributed by atoms with Crippen molar-refractivity contribution in [1.29, 1.82) is 0 Å². The number of Topliss-reactive ketones (excluding diaryl/α,β-unsaturated/α-hetero) is 1. The normalized spacial score (nSPS) is 19.8. The molecular formula is C9H8O4. The van der Waals surface area contributed by atoms with Crippen molar-refractivity contribution < 1.29 is 19.7 Å². The zero-order chi connectivity index (χ0) is 9.59. The van der Waals surface area contributed by atoms with Crippen LogP contribution < -0.4 is 4.74 Å². The van der Waals surface area contributed by atoms with E-state index in [0.29, 0.717) is 0 Å². The van der Waals surface area contributed by atoms with Gasteiger partial charge in [-0.3, -0.25) is 4.79 Å². The molecule has 13 heavy (non-hydrogen) atoms. The van der Waals surface area contributed by atoms with Crippen LogP contribution in [0.2, 0.25) is 0 Å². The fourth-order valence-electron chi connectivity index (χ4n) is 1.37. The van der Waals surface area contributed by atoms with Crippen LogP contribution >= 0.6 is 0 Å². The molecule has 1 aromatic rings. The molecule has 0 aromatic heterocycles. The lowest BCUT2D eigenvalue weighted by Crippen LogP contribution is -2.14. The summed E-state index contributed by atoms with van der Waals surface area (Å²) in [5, 5.41) is 18.4. The second-order valence-corrected chi connectivity index (χ2v) is 2.96. The monoisotopic (exact) mass is 180 g/mol. The van der Waals surface area contributed by atoms with E-state index in [2.05, 4.69) is 0 Å². The third-order valence-electron chi connectivity index (χ3n) is 1.99. The molecular weight excluding hydrogens is 172 g/mol. The number of ether oxygens (including phenoxy) is 1. The summed E-state index contributed by atoms with van der Waals surface area (Å²) in [5.74, 6) is -0.356. The number of phenols is 2. The molecule has 0 aliphatic carbocycles. The van der Waals surface area contributed by atoms with Gasteiger partial charge in [-0.15, -0.1) is 0 Å². The Bertz CT molecular complexity index is 383. The van der Waals surface area contributed by atoms with Gasteiger partial charge in [0.2, 0.25) is 5.78 Å². The molecule has 1 atom stereocenters. The van der Waals surface area contributed by atoms with Crippen molar-refractivity contribution in [1.82, 2.24) is 0 Å². The van der Waals surface area contributed by atoms with Gasteiger partial charge in [-0.25, -0.2) is 0 Å². The van der Waals surface area contributed by atoms with Crippen LogP contribution in [0.1, 0.15) is 17.3 Å². The van der Waals surface area contributed by atoms with E-state index in [1.165, 1.54) is 6.07 Å². The lowest BCUT2D eigenvalue weighted by molar-refractivity contribution is 0.0877. The van der Waals surface area contributed by atoms with E-state index in [-0.39, 0.29) is 28.6 Å². The van der Waals surface area contributed by atoms with Crippen molar-refractivity contribution in [2.75, 3.05) is 0 Å². The summed E-state index contributed by atoms with van der Waals surface area (Å²) in [6.45, 7) is 1.60. The van der Waals surface area contributed by atoms with Gasteiger partial charge in [0, 0.05) is 12.1 Å². The van der Waals surface area contributed by atoms with E-state index >= 15 is 0 Å². The molecule has 4 nitrogen and oxygen atoms in total. The van der Waals surface area contributed by atoms with Gasteiger partial charge in [-0.1, -0.05) is 0 Å². The number of rotatable bonds is 0. The van der Waals surface area contributed by atoms with Crippen molar-refractivity contribution >= 4 is 5.78 Å². The molecule has 1 aliphatic rings. The molecule has 68 valence electrons. The first-order valence-electron chi connectivity index (χ1n) is 3.86. The Labute approximate surface area is 74.4 Å². The van der Waals surface area contributed by atoms with Crippen LogP contribution in [0.25, 0.3) is 0 Å². The number of hydrogen-bond donors (Lipinski definition) is 2. The van der Waals surface area contributed by atoms with E-state index in [1.807, 2.05) is 0 Å². The van der Waals surface area contributed by atoms with Gasteiger partial charge < -0.3 is 14.9 Å². The lowest BCUT2D eigenvalue weighted by Gasteiger charge is -2.01. The Balaban J connectivity index is 2.64. The number of phenolic OH excluding ortho intramolecular Hbond substituents is 2. The Kier molecular flexibility index (Phi) is 1.45. The number of hydrogen-bond acceptors (Lipinski definition) is 4. The molecule has 0 saturated carbocycles. The van der Waals surface area contributed by atoms with Gasteiger partial charge in [0.05, 0.1) is 0 Å². The predicted octanol–water partition coefficient (Wildman–Crippen LogP) is 1.06. The maximum atomic E-state index is 11.4. The molecule has 2 N–H and O–H groups in total. The molecule has 0 fully saturated rings. The van der Waals surface area contributed by atoms with Gasteiger partial charge in [-0.2, -0.15) is 0 Å². The summed E-state index contributed by atoms with van der Waals surface area (Å²) in [6, 6.07) is 2.44. The Morgan fingerprint density at radius 3 is 2.77 bits per heavy atom. The topological polar surface area (TPSA) is 66.8 Å². The van der Waals surface area contributed by atoms with Crippen molar-refractivity contribution in [3.8, 4) is 17.2 Å². The summed E-state index contributed by atoms with van der Waals surface area (Å²) in [7, 11) is 0. The molecule has 1 unspecified atom stereocenters. The summed E-state index contributed by atoms with van der Waals surface area (Å²) in [5.41, 5.74) is 0.158.